The van der Waals surface area contributed by atoms with E-state index in [0.717, 1.165) is 0 Å². The molecule has 2 rings (SSSR count). The minimum Gasteiger partial charge on any atom is -0.136 e. The van der Waals surface area contributed by atoms with Crippen molar-refractivity contribution in [2.45, 2.75) is 6.92 Å². The molecule has 1 aromatic heterocycles. The molecule has 0 amide bonds. The smallest absolute Gasteiger partial charge is 0.0407 e. The highest BCUT2D eigenvalue weighted by Crippen LogP contribution is 2.31. The average molecular weight is 223 g/mol. The molecule has 0 saturated carbocycles. The van der Waals surface area contributed by atoms with E-state index in [1.165, 1.54) is 20.5 Å². The van der Waals surface area contributed by atoms with Crippen molar-refractivity contribution < 1.29 is 0 Å². The Morgan fingerprint density at radius 1 is 1.36 bits per heavy atom. The van der Waals surface area contributed by atoms with Crippen LogP contribution >= 0.6 is 22.9 Å². The first-order valence-corrected chi connectivity index (χ1v) is 5.88. The van der Waals surface area contributed by atoms with Crippen molar-refractivity contribution in [3.05, 3.63) is 40.8 Å². The van der Waals surface area contributed by atoms with Gasteiger partial charge in [0.05, 0.1) is 0 Å². The molecule has 2 aromatic rings. The molecule has 0 N–H and O–H groups in total. The van der Waals surface area contributed by atoms with E-state index in [4.69, 9.17) is 11.6 Å². The molecule has 0 fully saturated rings. The minimum atomic E-state index is 0.577. The van der Waals surface area contributed by atoms with E-state index in [9.17, 15) is 0 Å². The van der Waals surface area contributed by atoms with Gasteiger partial charge in [0, 0.05) is 15.5 Å². The summed E-state index contributed by atoms with van der Waals surface area (Å²) in [6, 6.07) is 8.48. The quantitative estimate of drug-likeness (QED) is 0.658. The Bertz CT molecular complexity index is 468. The van der Waals surface area contributed by atoms with Crippen LogP contribution in [0.1, 0.15) is 10.4 Å². The Balaban J connectivity index is 2.57. The largest absolute Gasteiger partial charge is 0.136 e. The standard InChI is InChI=1S/C12H11ClS/c1-9-10-5-2-3-6-12(10)14-11(9)7-4-8-13/h2-7H,8H2,1H3. The Kier molecular flexibility index (Phi) is 2.90. The number of hydrogen-bond donors (Lipinski definition) is 0. The molecule has 0 atom stereocenters. The summed E-state index contributed by atoms with van der Waals surface area (Å²) >= 11 is 7.44. The van der Waals surface area contributed by atoms with Crippen LogP contribution in [-0.4, -0.2) is 5.88 Å². The Morgan fingerprint density at radius 2 is 2.14 bits per heavy atom. The number of halogens is 1. The molecule has 0 aliphatic carbocycles. The van der Waals surface area contributed by atoms with Crippen LogP contribution in [0.15, 0.2) is 30.3 Å². The van der Waals surface area contributed by atoms with Gasteiger partial charge in [-0.25, -0.2) is 0 Å². The van der Waals surface area contributed by atoms with E-state index in [-0.39, 0.29) is 0 Å². The van der Waals surface area contributed by atoms with Crippen LogP contribution in [-0.2, 0) is 0 Å². The summed E-state index contributed by atoms with van der Waals surface area (Å²) < 4.78 is 1.35. The first kappa shape index (κ1) is 9.75. The number of aryl methyl sites for hydroxylation is 1. The van der Waals surface area contributed by atoms with Crippen molar-refractivity contribution in [2.75, 3.05) is 5.88 Å². The lowest BCUT2D eigenvalue weighted by atomic mass is 10.1. The van der Waals surface area contributed by atoms with Crippen molar-refractivity contribution in [1.82, 2.24) is 0 Å². The lowest BCUT2D eigenvalue weighted by Crippen LogP contribution is -1.70. The Hall–Kier alpha value is -0.790. The minimum absolute atomic E-state index is 0.577. The summed E-state index contributed by atoms with van der Waals surface area (Å²) in [5.41, 5.74) is 1.35. The van der Waals surface area contributed by atoms with Crippen molar-refractivity contribution in [2.24, 2.45) is 0 Å². The van der Waals surface area contributed by atoms with Gasteiger partial charge < -0.3 is 0 Å². The second-order valence-electron chi connectivity index (χ2n) is 3.14. The molecule has 0 unspecified atom stereocenters. The summed E-state index contributed by atoms with van der Waals surface area (Å²) in [5, 5.41) is 1.35. The fraction of sp³-hybridized carbons (Fsp3) is 0.167. The van der Waals surface area contributed by atoms with Gasteiger partial charge in [0.25, 0.3) is 0 Å². The van der Waals surface area contributed by atoms with Crippen LogP contribution in [0.2, 0.25) is 0 Å². The second-order valence-corrected chi connectivity index (χ2v) is 4.54. The van der Waals surface area contributed by atoms with Crippen molar-refractivity contribution in [1.29, 1.82) is 0 Å². The highest BCUT2D eigenvalue weighted by Gasteiger charge is 2.03. The van der Waals surface area contributed by atoms with Gasteiger partial charge in [-0.2, -0.15) is 0 Å². The summed E-state index contributed by atoms with van der Waals surface area (Å²) in [5.74, 6) is 0.577. The van der Waals surface area contributed by atoms with Gasteiger partial charge in [-0.1, -0.05) is 24.3 Å². The van der Waals surface area contributed by atoms with Crippen LogP contribution in [0.4, 0.5) is 0 Å². The van der Waals surface area contributed by atoms with Crippen LogP contribution in [0.25, 0.3) is 16.2 Å². The predicted octanol–water partition coefficient (Wildman–Crippen LogP) is 4.46. The lowest BCUT2D eigenvalue weighted by Gasteiger charge is -1.90. The van der Waals surface area contributed by atoms with Crippen molar-refractivity contribution in [3.63, 3.8) is 0 Å². The highest BCUT2D eigenvalue weighted by molar-refractivity contribution is 7.20. The number of rotatable bonds is 2. The maximum absolute atomic E-state index is 5.62. The molecule has 1 heterocycles. The number of fused-ring (bicyclic) bond motifs is 1. The number of thiophene rings is 1. The van der Waals surface area contributed by atoms with Crippen LogP contribution in [0.3, 0.4) is 0 Å². The van der Waals surface area contributed by atoms with Crippen molar-refractivity contribution >= 4 is 39.1 Å². The number of alkyl halides is 1. The SMILES string of the molecule is Cc1c(C=CCCl)sc2ccccc12. The van der Waals surface area contributed by atoms with Crippen LogP contribution < -0.4 is 0 Å². The number of benzene rings is 1. The highest BCUT2D eigenvalue weighted by atomic mass is 35.5. The van der Waals surface area contributed by atoms with Crippen LogP contribution in [0, 0.1) is 6.92 Å². The maximum atomic E-state index is 5.62. The second kappa shape index (κ2) is 4.16. The third-order valence-electron chi connectivity index (χ3n) is 2.24. The van der Waals surface area contributed by atoms with Gasteiger partial charge in [0.2, 0.25) is 0 Å². The summed E-state index contributed by atoms with van der Waals surface area (Å²) in [6.45, 7) is 2.16. The molecular formula is C12H11ClS. The molecule has 72 valence electrons. The van der Waals surface area contributed by atoms with Gasteiger partial charge >= 0.3 is 0 Å². The van der Waals surface area contributed by atoms with Gasteiger partial charge in [0.1, 0.15) is 0 Å². The fourth-order valence-corrected chi connectivity index (χ4v) is 2.73. The first-order chi connectivity index (χ1) is 6.83. The topological polar surface area (TPSA) is 0 Å². The number of allylic oxidation sites excluding steroid dienone is 1. The van der Waals surface area contributed by atoms with Gasteiger partial charge in [-0.3, -0.25) is 0 Å². The third kappa shape index (κ3) is 1.70. The Labute approximate surface area is 92.8 Å². The van der Waals surface area contributed by atoms with Gasteiger partial charge in [0.15, 0.2) is 0 Å². The summed E-state index contributed by atoms with van der Waals surface area (Å²) in [4.78, 5) is 1.31. The van der Waals surface area contributed by atoms with Crippen LogP contribution in [0.5, 0.6) is 0 Å². The maximum Gasteiger partial charge on any atom is 0.0407 e. The molecule has 0 aliphatic heterocycles. The molecule has 0 radical (unpaired) electrons. The van der Waals surface area contributed by atoms with E-state index in [2.05, 4.69) is 37.3 Å². The molecule has 1 aromatic carbocycles. The predicted molar refractivity (Wildman–Crippen MR) is 66.3 cm³/mol. The molecule has 14 heavy (non-hydrogen) atoms. The molecular weight excluding hydrogens is 212 g/mol. The molecule has 0 spiro atoms. The zero-order valence-corrected chi connectivity index (χ0v) is 9.53. The number of hydrogen-bond acceptors (Lipinski definition) is 1. The average Bonchev–Trinajstić information content (AvgIpc) is 2.54. The summed E-state index contributed by atoms with van der Waals surface area (Å²) in [6.07, 6.45) is 4.09. The zero-order chi connectivity index (χ0) is 9.97. The molecule has 2 heteroatoms. The lowest BCUT2D eigenvalue weighted by molar-refractivity contribution is 1.57. The van der Waals surface area contributed by atoms with Gasteiger partial charge in [-0.15, -0.1) is 22.9 Å². The van der Waals surface area contributed by atoms with E-state index < -0.39 is 0 Å². The molecule has 0 bridgehead atoms. The molecule has 0 aliphatic rings. The molecule has 0 saturated heterocycles. The fourth-order valence-electron chi connectivity index (χ4n) is 1.50. The monoisotopic (exact) mass is 222 g/mol. The Morgan fingerprint density at radius 3 is 2.86 bits per heavy atom. The third-order valence-corrected chi connectivity index (χ3v) is 3.66. The van der Waals surface area contributed by atoms with Crippen molar-refractivity contribution in [3.8, 4) is 0 Å². The van der Waals surface area contributed by atoms with E-state index in [1.54, 1.807) is 0 Å². The normalized spacial score (nSPS) is 11.6. The van der Waals surface area contributed by atoms with Gasteiger partial charge in [-0.05, 0) is 30.0 Å². The zero-order valence-electron chi connectivity index (χ0n) is 7.96. The van der Waals surface area contributed by atoms with E-state index in [0.29, 0.717) is 5.88 Å². The van der Waals surface area contributed by atoms with E-state index >= 15 is 0 Å². The van der Waals surface area contributed by atoms with E-state index in [1.807, 2.05) is 17.4 Å². The summed E-state index contributed by atoms with van der Waals surface area (Å²) in [7, 11) is 0. The first-order valence-electron chi connectivity index (χ1n) is 4.53. The molecule has 0 nitrogen and oxygen atoms in total.